The fourth-order valence-corrected chi connectivity index (χ4v) is 5.11. The van der Waals surface area contributed by atoms with Crippen LogP contribution in [-0.2, 0) is 6.54 Å². The highest BCUT2D eigenvalue weighted by atomic mass is 35.5. The van der Waals surface area contributed by atoms with Crippen LogP contribution in [0.15, 0.2) is 78.9 Å². The van der Waals surface area contributed by atoms with Gasteiger partial charge in [-0.25, -0.2) is 4.79 Å². The predicted molar refractivity (Wildman–Crippen MR) is 124 cm³/mol. The Morgan fingerprint density at radius 3 is 2.48 bits per heavy atom. The van der Waals surface area contributed by atoms with Gasteiger partial charge in [0.15, 0.2) is 0 Å². The van der Waals surface area contributed by atoms with E-state index in [-0.39, 0.29) is 30.6 Å². The SMILES string of the molecule is O=C(Nc1ccccc1Cl)N1C[C@@H]2[C@H](c3ccccc31)[C@@H](CO)N2Cc1ccccc1. The van der Waals surface area contributed by atoms with Crippen LogP contribution < -0.4 is 10.2 Å². The lowest BCUT2D eigenvalue weighted by Gasteiger charge is -2.59. The molecule has 6 heteroatoms. The fraction of sp³-hybridized carbons (Fsp3) is 0.240. The first-order chi connectivity index (χ1) is 15.2. The number of carbonyl (C=O) groups is 1. The Bertz CT molecular complexity index is 1090. The molecule has 0 unspecified atom stereocenters. The number of nitrogens with zero attached hydrogens (tertiary/aromatic N) is 2. The molecule has 2 aliphatic heterocycles. The number of nitrogens with one attached hydrogen (secondary N) is 1. The van der Waals surface area contributed by atoms with Crippen LogP contribution in [0.1, 0.15) is 17.0 Å². The van der Waals surface area contributed by atoms with Crippen molar-refractivity contribution < 1.29 is 9.90 Å². The lowest BCUT2D eigenvalue weighted by Crippen LogP contribution is -2.69. The standard InChI is InChI=1S/C25H24ClN3O2/c26-19-11-5-6-12-20(19)27-25(31)29-15-22-24(18-10-4-7-13-21(18)29)23(16-30)28(22)14-17-8-2-1-3-9-17/h1-13,22-24,30H,14-16H2,(H,27,31)/t22-,23-,24+/m1/s1. The van der Waals surface area contributed by atoms with E-state index in [1.165, 1.54) is 5.56 Å². The van der Waals surface area contributed by atoms with E-state index < -0.39 is 0 Å². The Morgan fingerprint density at radius 2 is 1.71 bits per heavy atom. The second kappa shape index (κ2) is 8.35. The zero-order chi connectivity index (χ0) is 21.4. The number of rotatable bonds is 4. The van der Waals surface area contributed by atoms with Gasteiger partial charge in [-0.3, -0.25) is 9.80 Å². The third kappa shape index (κ3) is 3.59. The van der Waals surface area contributed by atoms with Crippen molar-refractivity contribution in [2.24, 2.45) is 0 Å². The average Bonchev–Trinajstić information content (AvgIpc) is 2.79. The predicted octanol–water partition coefficient (Wildman–Crippen LogP) is 4.72. The van der Waals surface area contributed by atoms with Crippen LogP contribution in [-0.4, -0.2) is 41.3 Å². The number of carbonyl (C=O) groups excluding carboxylic acids is 1. The molecule has 2 N–H and O–H groups in total. The number of anilines is 2. The molecule has 3 aromatic rings. The molecule has 0 radical (unpaired) electrons. The minimum atomic E-state index is -0.203. The molecule has 1 saturated heterocycles. The van der Waals surface area contributed by atoms with Gasteiger partial charge in [-0.05, 0) is 29.3 Å². The van der Waals surface area contributed by atoms with Gasteiger partial charge in [0, 0.05) is 36.8 Å². The van der Waals surface area contributed by atoms with Crippen LogP contribution in [0.25, 0.3) is 0 Å². The Morgan fingerprint density at radius 1 is 1.00 bits per heavy atom. The summed E-state index contributed by atoms with van der Waals surface area (Å²) >= 11 is 6.25. The first-order valence-corrected chi connectivity index (χ1v) is 10.9. The highest BCUT2D eigenvalue weighted by Gasteiger charge is 2.53. The molecule has 0 saturated carbocycles. The Balaban J connectivity index is 1.45. The van der Waals surface area contributed by atoms with E-state index in [9.17, 15) is 9.90 Å². The maximum atomic E-state index is 13.3. The summed E-state index contributed by atoms with van der Waals surface area (Å²) in [5, 5.41) is 13.6. The molecule has 0 bridgehead atoms. The number of aliphatic hydroxyl groups is 1. The molecular weight excluding hydrogens is 410 g/mol. The van der Waals surface area contributed by atoms with E-state index >= 15 is 0 Å². The number of hydrogen-bond donors (Lipinski definition) is 2. The maximum Gasteiger partial charge on any atom is 0.326 e. The summed E-state index contributed by atoms with van der Waals surface area (Å²) in [5.74, 6) is 0.203. The number of benzene rings is 3. The van der Waals surface area contributed by atoms with Crippen molar-refractivity contribution in [3.05, 3.63) is 95.0 Å². The monoisotopic (exact) mass is 433 g/mol. The quantitative estimate of drug-likeness (QED) is 0.625. The van der Waals surface area contributed by atoms with Gasteiger partial charge in [-0.15, -0.1) is 0 Å². The average molecular weight is 434 g/mol. The summed E-state index contributed by atoms with van der Waals surface area (Å²) in [4.78, 5) is 17.4. The second-order valence-electron chi connectivity index (χ2n) is 8.08. The molecule has 2 heterocycles. The number of fused-ring (bicyclic) bond motifs is 3. The van der Waals surface area contributed by atoms with Crippen LogP contribution in [0.2, 0.25) is 5.02 Å². The normalized spacial score (nSPS) is 22.3. The molecule has 0 spiro atoms. The fourth-order valence-electron chi connectivity index (χ4n) is 4.93. The third-order valence-corrected chi connectivity index (χ3v) is 6.72. The molecule has 0 aliphatic carbocycles. The minimum Gasteiger partial charge on any atom is -0.395 e. The third-order valence-electron chi connectivity index (χ3n) is 6.39. The highest BCUT2D eigenvalue weighted by molar-refractivity contribution is 6.33. The van der Waals surface area contributed by atoms with Gasteiger partial charge >= 0.3 is 6.03 Å². The van der Waals surface area contributed by atoms with Gasteiger partial charge in [0.2, 0.25) is 0 Å². The maximum absolute atomic E-state index is 13.3. The van der Waals surface area contributed by atoms with E-state index in [1.54, 1.807) is 17.0 Å². The van der Waals surface area contributed by atoms with E-state index in [4.69, 9.17) is 11.6 Å². The number of urea groups is 1. The van der Waals surface area contributed by atoms with Crippen molar-refractivity contribution in [1.82, 2.24) is 4.90 Å². The summed E-state index contributed by atoms with van der Waals surface area (Å²) in [6, 6.07) is 25.5. The van der Waals surface area contributed by atoms with Gasteiger partial charge in [0.25, 0.3) is 0 Å². The Hall–Kier alpha value is -2.86. The molecule has 31 heavy (non-hydrogen) atoms. The molecule has 158 valence electrons. The summed E-state index contributed by atoms with van der Waals surface area (Å²) in [5.41, 5.74) is 3.80. The molecule has 5 rings (SSSR count). The van der Waals surface area contributed by atoms with Crippen molar-refractivity contribution >= 4 is 29.0 Å². The minimum absolute atomic E-state index is 0.0418. The number of hydrogen-bond acceptors (Lipinski definition) is 3. The van der Waals surface area contributed by atoms with Crippen molar-refractivity contribution in [2.45, 2.75) is 24.5 Å². The highest BCUT2D eigenvalue weighted by Crippen LogP contribution is 2.48. The Kier molecular flexibility index (Phi) is 5.40. The first kappa shape index (κ1) is 20.1. The first-order valence-electron chi connectivity index (χ1n) is 10.5. The lowest BCUT2D eigenvalue weighted by atomic mass is 9.72. The lowest BCUT2D eigenvalue weighted by molar-refractivity contribution is -0.0484. The van der Waals surface area contributed by atoms with E-state index in [2.05, 4.69) is 28.4 Å². The van der Waals surface area contributed by atoms with Gasteiger partial charge < -0.3 is 10.4 Å². The molecule has 2 aliphatic rings. The van der Waals surface area contributed by atoms with Crippen molar-refractivity contribution in [3.63, 3.8) is 0 Å². The summed E-state index contributed by atoms with van der Waals surface area (Å²) in [6.07, 6.45) is 0. The Labute approximate surface area is 186 Å². The van der Waals surface area contributed by atoms with Crippen molar-refractivity contribution in [3.8, 4) is 0 Å². The zero-order valence-corrected chi connectivity index (χ0v) is 17.7. The van der Waals surface area contributed by atoms with E-state index in [0.717, 1.165) is 17.8 Å². The van der Waals surface area contributed by atoms with E-state index in [0.29, 0.717) is 17.3 Å². The molecule has 5 nitrogen and oxygen atoms in total. The van der Waals surface area contributed by atoms with Gasteiger partial charge in [0.05, 0.1) is 17.3 Å². The topological polar surface area (TPSA) is 55.8 Å². The zero-order valence-electron chi connectivity index (χ0n) is 17.0. The van der Waals surface area contributed by atoms with Crippen LogP contribution >= 0.6 is 11.6 Å². The van der Waals surface area contributed by atoms with Crippen LogP contribution in [0, 0.1) is 0 Å². The number of aliphatic hydroxyl groups excluding tert-OH is 1. The number of likely N-dealkylation sites (tertiary alicyclic amines) is 1. The molecule has 0 aromatic heterocycles. The van der Waals surface area contributed by atoms with Crippen LogP contribution in [0.5, 0.6) is 0 Å². The summed E-state index contributed by atoms with van der Waals surface area (Å²) < 4.78 is 0. The van der Waals surface area contributed by atoms with Crippen molar-refractivity contribution in [1.29, 1.82) is 0 Å². The van der Waals surface area contributed by atoms with Crippen LogP contribution in [0.3, 0.4) is 0 Å². The molecular formula is C25H24ClN3O2. The smallest absolute Gasteiger partial charge is 0.326 e. The van der Waals surface area contributed by atoms with Gasteiger partial charge in [-0.1, -0.05) is 72.3 Å². The largest absolute Gasteiger partial charge is 0.395 e. The molecule has 3 aromatic carbocycles. The second-order valence-corrected chi connectivity index (χ2v) is 8.49. The summed E-state index contributed by atoms with van der Waals surface area (Å²) in [7, 11) is 0. The van der Waals surface area contributed by atoms with Gasteiger partial charge in [-0.2, -0.15) is 0 Å². The molecule has 2 amide bonds. The number of amides is 2. The van der Waals surface area contributed by atoms with Crippen LogP contribution in [0.4, 0.5) is 16.2 Å². The summed E-state index contributed by atoms with van der Waals surface area (Å²) in [6.45, 7) is 1.39. The number of para-hydroxylation sites is 2. The van der Waals surface area contributed by atoms with E-state index in [1.807, 2.05) is 48.5 Å². The van der Waals surface area contributed by atoms with Crippen molar-refractivity contribution in [2.75, 3.05) is 23.4 Å². The molecule has 1 fully saturated rings. The van der Waals surface area contributed by atoms with Gasteiger partial charge in [0.1, 0.15) is 0 Å². The number of halogens is 1. The molecule has 3 atom stereocenters.